The Labute approximate surface area is 111 Å². The highest BCUT2D eigenvalue weighted by Crippen LogP contribution is 2.00. The van der Waals surface area contributed by atoms with Crippen molar-refractivity contribution in [1.82, 2.24) is 5.32 Å². The van der Waals surface area contributed by atoms with E-state index in [1.807, 2.05) is 30.3 Å². The van der Waals surface area contributed by atoms with Crippen molar-refractivity contribution in [2.45, 2.75) is 0 Å². The van der Waals surface area contributed by atoms with Crippen molar-refractivity contribution >= 4 is 17.9 Å². The molecule has 0 aliphatic rings. The Morgan fingerprint density at radius 1 is 1.11 bits per heavy atom. The van der Waals surface area contributed by atoms with Gasteiger partial charge in [-0.15, -0.1) is 0 Å². The molecule has 0 heterocycles. The molecule has 0 aliphatic heterocycles. The fraction of sp³-hybridized carbons (Fsp3) is 0.0667. The number of benzene rings is 1. The van der Waals surface area contributed by atoms with Crippen molar-refractivity contribution in [1.29, 1.82) is 0 Å². The van der Waals surface area contributed by atoms with Crippen molar-refractivity contribution in [3.05, 3.63) is 66.3 Å². The zero-order valence-corrected chi connectivity index (χ0v) is 10.4. The molecular weight excluding hydrogens is 242 g/mol. The molecule has 1 rings (SSSR count). The maximum atomic E-state index is 11.4. The topological polar surface area (TPSA) is 66.4 Å². The average Bonchev–Trinajstić information content (AvgIpc) is 2.43. The number of amides is 2. The second-order valence-electron chi connectivity index (χ2n) is 3.75. The van der Waals surface area contributed by atoms with Crippen LogP contribution >= 0.6 is 0 Å². The Hall–Kier alpha value is -2.46. The highest BCUT2D eigenvalue weighted by atomic mass is 16.3. The number of imide groups is 1. The van der Waals surface area contributed by atoms with Crippen molar-refractivity contribution in [2.24, 2.45) is 0 Å². The lowest BCUT2D eigenvalue weighted by Crippen LogP contribution is -2.26. The van der Waals surface area contributed by atoms with Crippen LogP contribution in [0, 0.1) is 0 Å². The molecule has 1 aromatic rings. The van der Waals surface area contributed by atoms with Gasteiger partial charge in [-0.1, -0.05) is 43.0 Å². The van der Waals surface area contributed by atoms with Gasteiger partial charge < -0.3 is 5.11 Å². The lowest BCUT2D eigenvalue weighted by Gasteiger charge is -1.96. The third kappa shape index (κ3) is 6.14. The van der Waals surface area contributed by atoms with Crippen LogP contribution in [0.4, 0.5) is 0 Å². The molecule has 0 spiro atoms. The molecule has 1 aromatic carbocycles. The second kappa shape index (κ2) is 7.79. The van der Waals surface area contributed by atoms with Crippen molar-refractivity contribution in [2.75, 3.05) is 6.61 Å². The molecule has 0 atom stereocenters. The predicted molar refractivity (Wildman–Crippen MR) is 74.0 cm³/mol. The number of rotatable bonds is 5. The van der Waals surface area contributed by atoms with E-state index < -0.39 is 11.8 Å². The number of aliphatic hydroxyl groups is 1. The summed E-state index contributed by atoms with van der Waals surface area (Å²) in [7, 11) is 0. The van der Waals surface area contributed by atoms with Crippen molar-refractivity contribution in [3.8, 4) is 0 Å². The highest BCUT2D eigenvalue weighted by molar-refractivity contribution is 6.06. The van der Waals surface area contributed by atoms with Gasteiger partial charge in [0.25, 0.3) is 11.8 Å². The van der Waals surface area contributed by atoms with Gasteiger partial charge in [0.05, 0.1) is 6.61 Å². The van der Waals surface area contributed by atoms with E-state index in [0.29, 0.717) is 5.57 Å². The molecule has 0 aromatic heterocycles. The van der Waals surface area contributed by atoms with E-state index in [0.717, 1.165) is 11.6 Å². The summed E-state index contributed by atoms with van der Waals surface area (Å²) in [5, 5.41) is 10.8. The average molecular weight is 257 g/mol. The lowest BCUT2D eigenvalue weighted by atomic mass is 10.2. The Morgan fingerprint density at radius 2 is 1.74 bits per heavy atom. The van der Waals surface area contributed by atoms with E-state index in [-0.39, 0.29) is 6.61 Å². The Bertz CT molecular complexity index is 515. The van der Waals surface area contributed by atoms with E-state index in [2.05, 4.69) is 11.9 Å². The first-order chi connectivity index (χ1) is 9.11. The minimum atomic E-state index is -0.558. The number of hydrogen-bond acceptors (Lipinski definition) is 3. The van der Waals surface area contributed by atoms with E-state index in [9.17, 15) is 9.59 Å². The molecule has 0 radical (unpaired) electrons. The minimum absolute atomic E-state index is 0.231. The molecule has 0 saturated carbocycles. The zero-order chi connectivity index (χ0) is 14.1. The molecule has 19 heavy (non-hydrogen) atoms. The molecule has 0 saturated heterocycles. The van der Waals surface area contributed by atoms with Crippen LogP contribution in [-0.4, -0.2) is 23.5 Å². The summed E-state index contributed by atoms with van der Waals surface area (Å²) < 4.78 is 0. The van der Waals surface area contributed by atoms with Crippen molar-refractivity contribution in [3.63, 3.8) is 0 Å². The first kappa shape index (κ1) is 14.6. The maximum absolute atomic E-state index is 11.4. The zero-order valence-electron chi connectivity index (χ0n) is 10.4. The van der Waals surface area contributed by atoms with Gasteiger partial charge in [0.2, 0.25) is 0 Å². The monoisotopic (exact) mass is 257 g/mol. The molecule has 98 valence electrons. The first-order valence-electron chi connectivity index (χ1n) is 5.66. The van der Waals surface area contributed by atoms with Crippen LogP contribution in [0.1, 0.15) is 5.56 Å². The fourth-order valence-electron chi connectivity index (χ4n) is 1.19. The van der Waals surface area contributed by atoms with Gasteiger partial charge >= 0.3 is 0 Å². The van der Waals surface area contributed by atoms with Gasteiger partial charge in [-0.2, -0.15) is 0 Å². The van der Waals surface area contributed by atoms with Crippen LogP contribution in [0.5, 0.6) is 0 Å². The van der Waals surface area contributed by atoms with Gasteiger partial charge in [0.1, 0.15) is 0 Å². The fourth-order valence-corrected chi connectivity index (χ4v) is 1.19. The maximum Gasteiger partial charge on any atom is 0.250 e. The van der Waals surface area contributed by atoms with E-state index in [4.69, 9.17) is 5.11 Å². The smallest absolute Gasteiger partial charge is 0.250 e. The Balaban J connectivity index is 2.47. The van der Waals surface area contributed by atoms with Crippen LogP contribution < -0.4 is 5.32 Å². The Kier molecular flexibility index (Phi) is 5.98. The molecule has 0 unspecified atom stereocenters. The predicted octanol–water partition coefficient (Wildman–Crippen LogP) is 1.45. The first-order valence-corrected chi connectivity index (χ1v) is 5.66. The number of nitrogens with one attached hydrogen (secondary N) is 1. The van der Waals surface area contributed by atoms with Crippen LogP contribution in [0.25, 0.3) is 6.08 Å². The summed E-state index contributed by atoms with van der Waals surface area (Å²) in [6.07, 6.45) is 5.39. The number of carbonyl (C=O) groups is 2. The molecular formula is C15H15NO3. The quantitative estimate of drug-likeness (QED) is 0.619. The number of aliphatic hydroxyl groups excluding tert-OH is 1. The summed E-state index contributed by atoms with van der Waals surface area (Å²) in [5.41, 5.74) is 1.26. The van der Waals surface area contributed by atoms with Crippen LogP contribution in [0.2, 0.25) is 0 Å². The standard InChI is InChI=1S/C15H15NO3/c1-12(11-17)7-9-14(18)16-15(19)10-8-13-5-3-2-4-6-13/h2-10,17H,1,11H2,(H,16,18,19)/b9-7-,10-8+. The summed E-state index contributed by atoms with van der Waals surface area (Å²) in [6.45, 7) is 3.25. The van der Waals surface area contributed by atoms with Gasteiger partial charge in [0.15, 0.2) is 0 Å². The molecule has 4 heteroatoms. The molecule has 0 bridgehead atoms. The molecule has 0 aliphatic carbocycles. The SMILES string of the molecule is C=C(/C=C\C(=O)NC(=O)/C=C/c1ccccc1)CO. The summed E-state index contributed by atoms with van der Waals surface area (Å²) in [4.78, 5) is 22.7. The van der Waals surface area contributed by atoms with Gasteiger partial charge in [-0.05, 0) is 17.2 Å². The van der Waals surface area contributed by atoms with Crippen LogP contribution in [-0.2, 0) is 9.59 Å². The van der Waals surface area contributed by atoms with Crippen LogP contribution in [0.15, 0.2) is 60.7 Å². The van der Waals surface area contributed by atoms with E-state index in [1.165, 1.54) is 12.2 Å². The number of hydrogen-bond donors (Lipinski definition) is 2. The molecule has 2 N–H and O–H groups in total. The highest BCUT2D eigenvalue weighted by Gasteiger charge is 2.00. The lowest BCUT2D eigenvalue weighted by molar-refractivity contribution is -0.125. The molecule has 4 nitrogen and oxygen atoms in total. The third-order valence-electron chi connectivity index (χ3n) is 2.15. The van der Waals surface area contributed by atoms with Gasteiger partial charge in [0, 0.05) is 12.2 Å². The summed E-state index contributed by atoms with van der Waals surface area (Å²) in [6, 6.07) is 9.27. The van der Waals surface area contributed by atoms with E-state index in [1.54, 1.807) is 6.08 Å². The summed E-state index contributed by atoms with van der Waals surface area (Å²) >= 11 is 0. The normalized spacial score (nSPS) is 10.8. The second-order valence-corrected chi connectivity index (χ2v) is 3.75. The van der Waals surface area contributed by atoms with Crippen molar-refractivity contribution < 1.29 is 14.7 Å². The van der Waals surface area contributed by atoms with Gasteiger partial charge in [-0.3, -0.25) is 14.9 Å². The number of carbonyl (C=O) groups excluding carboxylic acids is 2. The summed E-state index contributed by atoms with van der Waals surface area (Å²) in [5.74, 6) is -1.06. The molecule has 2 amide bonds. The molecule has 0 fully saturated rings. The van der Waals surface area contributed by atoms with Gasteiger partial charge in [-0.25, -0.2) is 0 Å². The van der Waals surface area contributed by atoms with E-state index >= 15 is 0 Å². The minimum Gasteiger partial charge on any atom is -0.392 e. The third-order valence-corrected chi connectivity index (χ3v) is 2.15. The largest absolute Gasteiger partial charge is 0.392 e. The Morgan fingerprint density at radius 3 is 2.37 bits per heavy atom. The van der Waals surface area contributed by atoms with Crippen LogP contribution in [0.3, 0.4) is 0 Å².